The van der Waals surface area contributed by atoms with E-state index in [1.54, 1.807) is 0 Å². The summed E-state index contributed by atoms with van der Waals surface area (Å²) in [6, 6.07) is 15.4. The van der Waals surface area contributed by atoms with Crippen LogP contribution in [0, 0.1) is 6.92 Å². The molecular weight excluding hydrogens is 432 g/mol. The largest absolute Gasteiger partial charge is 0.336 e. The normalized spacial score (nSPS) is 17.3. The SMILES string of the molecule is Cc1ccc(NC(=O)CSc2ccccc2C(=O)N2CCN(CCN3CCCC3)CC2)cc1. The Balaban J connectivity index is 1.27. The number of amides is 2. The van der Waals surface area contributed by atoms with E-state index >= 15 is 0 Å². The second kappa shape index (κ2) is 11.7. The Kier molecular flexibility index (Phi) is 8.42. The first-order valence-corrected chi connectivity index (χ1v) is 12.9. The third-order valence-corrected chi connectivity index (χ3v) is 7.48. The minimum Gasteiger partial charge on any atom is -0.336 e. The van der Waals surface area contributed by atoms with Gasteiger partial charge in [-0.25, -0.2) is 0 Å². The average molecular weight is 467 g/mol. The molecule has 4 rings (SSSR count). The third kappa shape index (κ3) is 6.82. The van der Waals surface area contributed by atoms with Crippen molar-refractivity contribution in [3.05, 3.63) is 59.7 Å². The first-order valence-electron chi connectivity index (χ1n) is 11.9. The summed E-state index contributed by atoms with van der Waals surface area (Å²) in [5.74, 6) is 0.261. The number of carbonyl (C=O) groups is 2. The molecular formula is C26H34N4O2S. The minimum absolute atomic E-state index is 0.0660. The molecule has 33 heavy (non-hydrogen) atoms. The van der Waals surface area contributed by atoms with Gasteiger partial charge in [-0.15, -0.1) is 11.8 Å². The van der Waals surface area contributed by atoms with Crippen molar-refractivity contribution in [1.29, 1.82) is 0 Å². The van der Waals surface area contributed by atoms with Crippen LogP contribution in [0.25, 0.3) is 0 Å². The van der Waals surface area contributed by atoms with E-state index in [2.05, 4.69) is 15.1 Å². The number of nitrogens with zero attached hydrogens (tertiary/aromatic N) is 3. The molecule has 0 bridgehead atoms. The van der Waals surface area contributed by atoms with Crippen LogP contribution in [0.3, 0.4) is 0 Å². The monoisotopic (exact) mass is 466 g/mol. The summed E-state index contributed by atoms with van der Waals surface area (Å²) in [5, 5.41) is 2.92. The standard InChI is InChI=1S/C26H34N4O2S/c1-21-8-10-22(11-9-21)27-25(31)20-33-24-7-3-2-6-23(24)26(32)30-18-16-29(17-19-30)15-14-28-12-4-5-13-28/h2-3,6-11H,4-5,12-20H2,1H3,(H,27,31). The molecule has 0 saturated carbocycles. The first-order chi connectivity index (χ1) is 16.1. The number of hydrogen-bond acceptors (Lipinski definition) is 5. The summed E-state index contributed by atoms with van der Waals surface area (Å²) >= 11 is 1.42. The van der Waals surface area contributed by atoms with Gasteiger partial charge in [-0.1, -0.05) is 29.8 Å². The van der Waals surface area contributed by atoms with Crippen LogP contribution < -0.4 is 5.32 Å². The van der Waals surface area contributed by atoms with Gasteiger partial charge in [-0.05, 0) is 57.1 Å². The summed E-state index contributed by atoms with van der Waals surface area (Å²) in [4.78, 5) is 33.5. The van der Waals surface area contributed by atoms with E-state index < -0.39 is 0 Å². The zero-order valence-corrected chi connectivity index (χ0v) is 20.3. The van der Waals surface area contributed by atoms with Crippen molar-refractivity contribution in [3.63, 3.8) is 0 Å². The second-order valence-electron chi connectivity index (χ2n) is 8.88. The number of anilines is 1. The molecule has 7 heteroatoms. The van der Waals surface area contributed by atoms with Crippen LogP contribution in [-0.4, -0.2) is 84.6 Å². The molecule has 6 nitrogen and oxygen atoms in total. The van der Waals surface area contributed by atoms with Crippen molar-refractivity contribution in [2.45, 2.75) is 24.7 Å². The molecule has 0 spiro atoms. The molecule has 0 aliphatic carbocycles. The zero-order chi connectivity index (χ0) is 23.0. The molecule has 2 fully saturated rings. The van der Waals surface area contributed by atoms with Gasteiger partial charge in [0.2, 0.25) is 5.91 Å². The fourth-order valence-electron chi connectivity index (χ4n) is 4.38. The Morgan fingerprint density at radius 1 is 0.848 bits per heavy atom. The van der Waals surface area contributed by atoms with E-state index in [0.29, 0.717) is 5.56 Å². The number of rotatable bonds is 8. The molecule has 2 aliphatic rings. The number of nitrogens with one attached hydrogen (secondary N) is 1. The van der Waals surface area contributed by atoms with E-state index in [0.717, 1.165) is 55.4 Å². The maximum atomic E-state index is 13.2. The Morgan fingerprint density at radius 3 is 2.18 bits per heavy atom. The molecule has 0 aromatic heterocycles. The van der Waals surface area contributed by atoms with Crippen LogP contribution in [0.1, 0.15) is 28.8 Å². The van der Waals surface area contributed by atoms with Gasteiger partial charge in [-0.3, -0.25) is 14.5 Å². The van der Waals surface area contributed by atoms with Gasteiger partial charge in [0.1, 0.15) is 0 Å². The summed E-state index contributed by atoms with van der Waals surface area (Å²) in [6.07, 6.45) is 2.65. The average Bonchev–Trinajstić information content (AvgIpc) is 3.37. The Hall–Kier alpha value is -2.35. The number of hydrogen-bond donors (Lipinski definition) is 1. The number of aryl methyl sites for hydroxylation is 1. The summed E-state index contributed by atoms with van der Waals surface area (Å²) in [5.41, 5.74) is 2.64. The third-order valence-electron chi connectivity index (χ3n) is 6.40. The lowest BCUT2D eigenvalue weighted by molar-refractivity contribution is -0.113. The predicted molar refractivity (Wildman–Crippen MR) is 135 cm³/mol. The van der Waals surface area contributed by atoms with Crippen LogP contribution >= 0.6 is 11.8 Å². The molecule has 1 N–H and O–H groups in total. The van der Waals surface area contributed by atoms with Crippen LogP contribution in [0.2, 0.25) is 0 Å². The van der Waals surface area contributed by atoms with Gasteiger partial charge in [0.15, 0.2) is 0 Å². The molecule has 2 aromatic carbocycles. The summed E-state index contributed by atoms with van der Waals surface area (Å²) < 4.78 is 0. The van der Waals surface area contributed by atoms with E-state index in [9.17, 15) is 9.59 Å². The highest BCUT2D eigenvalue weighted by Crippen LogP contribution is 2.25. The van der Waals surface area contributed by atoms with Crippen molar-refractivity contribution in [2.75, 3.05) is 63.4 Å². The lowest BCUT2D eigenvalue weighted by Crippen LogP contribution is -2.50. The first kappa shape index (κ1) is 23.8. The van der Waals surface area contributed by atoms with Crippen LogP contribution in [0.4, 0.5) is 5.69 Å². The van der Waals surface area contributed by atoms with E-state index in [4.69, 9.17) is 0 Å². The highest BCUT2D eigenvalue weighted by atomic mass is 32.2. The second-order valence-corrected chi connectivity index (χ2v) is 9.90. The molecule has 176 valence electrons. The van der Waals surface area contributed by atoms with Crippen LogP contribution in [0.5, 0.6) is 0 Å². The minimum atomic E-state index is -0.0716. The zero-order valence-electron chi connectivity index (χ0n) is 19.5. The van der Waals surface area contributed by atoms with Gasteiger partial charge in [0.25, 0.3) is 5.91 Å². The summed E-state index contributed by atoms with van der Waals surface area (Å²) in [6.45, 7) is 10.1. The van der Waals surface area contributed by atoms with Crippen LogP contribution in [-0.2, 0) is 4.79 Å². The quantitative estimate of drug-likeness (QED) is 0.603. The lowest BCUT2D eigenvalue weighted by Gasteiger charge is -2.35. The van der Waals surface area contributed by atoms with E-state index in [-0.39, 0.29) is 17.6 Å². The van der Waals surface area contributed by atoms with Gasteiger partial charge < -0.3 is 15.1 Å². The molecule has 2 saturated heterocycles. The highest BCUT2D eigenvalue weighted by molar-refractivity contribution is 8.00. The fraction of sp³-hybridized carbons (Fsp3) is 0.462. The Bertz CT molecular complexity index is 936. The fourth-order valence-corrected chi connectivity index (χ4v) is 5.22. The highest BCUT2D eigenvalue weighted by Gasteiger charge is 2.24. The molecule has 2 amide bonds. The van der Waals surface area contributed by atoms with Gasteiger partial charge in [0.05, 0.1) is 11.3 Å². The molecule has 2 aromatic rings. The molecule has 0 unspecified atom stereocenters. The maximum absolute atomic E-state index is 13.2. The lowest BCUT2D eigenvalue weighted by atomic mass is 10.2. The van der Waals surface area contributed by atoms with Crippen molar-refractivity contribution < 1.29 is 9.59 Å². The van der Waals surface area contributed by atoms with E-state index in [1.807, 2.05) is 60.4 Å². The van der Waals surface area contributed by atoms with Crippen LogP contribution in [0.15, 0.2) is 53.4 Å². The number of benzene rings is 2. The molecule has 0 atom stereocenters. The maximum Gasteiger partial charge on any atom is 0.255 e. The van der Waals surface area contributed by atoms with Crippen molar-refractivity contribution in [3.8, 4) is 0 Å². The van der Waals surface area contributed by atoms with E-state index in [1.165, 1.54) is 37.7 Å². The van der Waals surface area contributed by atoms with Crippen molar-refractivity contribution in [2.24, 2.45) is 0 Å². The smallest absolute Gasteiger partial charge is 0.255 e. The topological polar surface area (TPSA) is 55.9 Å². The van der Waals surface area contributed by atoms with Gasteiger partial charge in [-0.2, -0.15) is 0 Å². The molecule has 0 radical (unpaired) electrons. The van der Waals surface area contributed by atoms with Gasteiger partial charge in [0, 0.05) is 49.9 Å². The van der Waals surface area contributed by atoms with Crippen molar-refractivity contribution in [1.82, 2.24) is 14.7 Å². The van der Waals surface area contributed by atoms with Crippen molar-refractivity contribution >= 4 is 29.3 Å². The summed E-state index contributed by atoms with van der Waals surface area (Å²) in [7, 11) is 0. The molecule has 2 heterocycles. The predicted octanol–water partition coefficient (Wildman–Crippen LogP) is 3.58. The Morgan fingerprint density at radius 2 is 1.48 bits per heavy atom. The Labute approximate surface area is 201 Å². The number of carbonyl (C=O) groups excluding carboxylic acids is 2. The number of likely N-dealkylation sites (tertiary alicyclic amines) is 1. The van der Waals surface area contributed by atoms with Gasteiger partial charge >= 0.3 is 0 Å². The molecule has 2 aliphatic heterocycles. The number of piperazine rings is 1. The number of thioether (sulfide) groups is 1.